The van der Waals surface area contributed by atoms with Gasteiger partial charge in [0.25, 0.3) is 0 Å². The minimum Gasteiger partial charge on any atom is -0.0790 e. The zero-order valence-corrected chi connectivity index (χ0v) is 39.1. The third-order valence-electron chi connectivity index (χ3n) is 12.0. The maximum Gasteiger partial charge on any atom is 0.158 e. The molecule has 4 aromatic rings. The molecule has 0 aromatic heterocycles. The summed E-state index contributed by atoms with van der Waals surface area (Å²) in [7, 11) is -2.97. The SMILES string of the molecule is CC(C)(C)c1cc(C(C)(C)C)cc([Si](c2cc(C(C)(C)C)cc(C(C)(C)C)c2)(c2cc(C(C)(C)C)cc(C(C)(C)C)c2)C2C=CC(Cc3ccccc3)=C2)c1. The van der Waals surface area contributed by atoms with Crippen LogP contribution in [0.4, 0.5) is 0 Å². The summed E-state index contributed by atoms with van der Waals surface area (Å²) in [6.07, 6.45) is 8.69. The van der Waals surface area contributed by atoms with Crippen molar-refractivity contribution in [2.75, 3.05) is 0 Å². The van der Waals surface area contributed by atoms with E-state index in [0.29, 0.717) is 0 Å². The van der Waals surface area contributed by atoms with E-state index in [1.165, 1.54) is 60.1 Å². The zero-order chi connectivity index (χ0) is 41.2. The summed E-state index contributed by atoms with van der Waals surface area (Å²) in [6.45, 7) is 43.1. The van der Waals surface area contributed by atoms with Crippen LogP contribution in [-0.2, 0) is 38.9 Å². The van der Waals surface area contributed by atoms with Gasteiger partial charge in [0, 0.05) is 5.54 Å². The van der Waals surface area contributed by atoms with Gasteiger partial charge in [0.05, 0.1) is 0 Å². The van der Waals surface area contributed by atoms with Crippen LogP contribution in [0.2, 0.25) is 5.54 Å². The molecule has 5 rings (SSSR count). The van der Waals surface area contributed by atoms with Crippen molar-refractivity contribution in [3.63, 3.8) is 0 Å². The van der Waals surface area contributed by atoms with Gasteiger partial charge in [0.2, 0.25) is 0 Å². The normalized spacial score (nSPS) is 16.1. The molecule has 0 saturated heterocycles. The zero-order valence-electron chi connectivity index (χ0n) is 38.1. The number of benzene rings is 4. The molecule has 0 radical (unpaired) electrons. The third kappa shape index (κ3) is 9.25. The van der Waals surface area contributed by atoms with Gasteiger partial charge in [-0.1, -0.05) is 228 Å². The van der Waals surface area contributed by atoms with E-state index in [9.17, 15) is 0 Å². The molecule has 0 N–H and O–H groups in total. The highest BCUT2D eigenvalue weighted by molar-refractivity contribution is 7.13. The first-order valence-electron chi connectivity index (χ1n) is 20.9. The van der Waals surface area contributed by atoms with Gasteiger partial charge in [-0.05, 0) is 99.0 Å². The highest BCUT2D eigenvalue weighted by atomic mass is 28.3. The summed E-state index contributed by atoms with van der Waals surface area (Å²) in [4.78, 5) is 0. The Hall–Kier alpha value is -3.42. The van der Waals surface area contributed by atoms with E-state index < -0.39 is 8.07 Å². The molecule has 1 aliphatic rings. The molecule has 0 heterocycles. The van der Waals surface area contributed by atoms with Crippen LogP contribution < -0.4 is 15.6 Å². The van der Waals surface area contributed by atoms with Gasteiger partial charge in [-0.15, -0.1) is 0 Å². The first-order valence-corrected chi connectivity index (χ1v) is 23.0. The average Bonchev–Trinajstić information content (AvgIpc) is 3.51. The van der Waals surface area contributed by atoms with Crippen molar-refractivity contribution < 1.29 is 0 Å². The van der Waals surface area contributed by atoms with E-state index in [0.717, 1.165) is 6.42 Å². The fourth-order valence-corrected chi connectivity index (χ4v) is 13.3. The summed E-state index contributed by atoms with van der Waals surface area (Å²) >= 11 is 0. The third-order valence-corrected chi connectivity index (χ3v) is 17.0. The summed E-state index contributed by atoms with van der Waals surface area (Å²) in [5.74, 6) is 0. The van der Waals surface area contributed by atoms with E-state index in [2.05, 4.69) is 228 Å². The van der Waals surface area contributed by atoms with E-state index >= 15 is 0 Å². The number of allylic oxidation sites excluding steroid dienone is 4. The van der Waals surface area contributed by atoms with Crippen LogP contribution in [0.1, 0.15) is 164 Å². The molecule has 0 spiro atoms. The molecule has 294 valence electrons. The molecular formula is C54H74Si. The van der Waals surface area contributed by atoms with E-state index in [4.69, 9.17) is 0 Å². The van der Waals surface area contributed by atoms with Crippen molar-refractivity contribution in [2.45, 2.75) is 169 Å². The van der Waals surface area contributed by atoms with Crippen LogP contribution in [0.25, 0.3) is 0 Å². The Morgan fingerprint density at radius 2 is 0.691 bits per heavy atom. The van der Waals surface area contributed by atoms with E-state index in [-0.39, 0.29) is 38.0 Å². The van der Waals surface area contributed by atoms with Gasteiger partial charge in [0.1, 0.15) is 0 Å². The molecule has 1 heteroatoms. The Morgan fingerprint density at radius 3 is 0.964 bits per heavy atom. The molecule has 0 nitrogen and oxygen atoms in total. The van der Waals surface area contributed by atoms with Gasteiger partial charge in [-0.3, -0.25) is 0 Å². The van der Waals surface area contributed by atoms with Crippen LogP contribution in [0.5, 0.6) is 0 Å². The van der Waals surface area contributed by atoms with Crippen LogP contribution >= 0.6 is 0 Å². The summed E-state index contributed by atoms with van der Waals surface area (Å²) < 4.78 is 0. The molecule has 0 aliphatic heterocycles. The molecule has 0 fully saturated rings. The molecule has 4 aromatic carbocycles. The van der Waals surface area contributed by atoms with Crippen LogP contribution in [-0.4, -0.2) is 8.07 Å². The van der Waals surface area contributed by atoms with Crippen molar-refractivity contribution in [1.29, 1.82) is 0 Å². The highest BCUT2D eigenvalue weighted by Crippen LogP contribution is 2.39. The Morgan fingerprint density at radius 1 is 0.400 bits per heavy atom. The van der Waals surface area contributed by atoms with Crippen molar-refractivity contribution in [3.05, 3.63) is 148 Å². The number of hydrogen-bond donors (Lipinski definition) is 0. The molecule has 55 heavy (non-hydrogen) atoms. The molecule has 1 unspecified atom stereocenters. The smallest absolute Gasteiger partial charge is 0.0790 e. The summed E-state index contributed by atoms with van der Waals surface area (Å²) in [5, 5.41) is 4.57. The second-order valence-electron chi connectivity index (χ2n) is 23.0. The maximum absolute atomic E-state index is 2.97. The molecular weight excluding hydrogens is 677 g/mol. The van der Waals surface area contributed by atoms with Crippen LogP contribution in [0.3, 0.4) is 0 Å². The average molecular weight is 751 g/mol. The quantitative estimate of drug-likeness (QED) is 0.136. The standard InChI is InChI=1S/C54H74Si/c1-49(2,3)39-28-40(50(4,5)6)32-46(31-39)55(45-25-24-38(27-45)26-37-22-20-19-21-23-37,47-33-41(51(7,8)9)29-42(34-47)52(10,11)12)48-35-43(53(13,14)15)30-44(36-48)54(16,17)18/h19-25,27-36,45H,26H2,1-18H3. The Labute approximate surface area is 339 Å². The molecule has 0 bridgehead atoms. The maximum atomic E-state index is 2.68. The lowest BCUT2D eigenvalue weighted by Crippen LogP contribution is -2.70. The Bertz CT molecular complexity index is 1780. The summed E-state index contributed by atoms with van der Waals surface area (Å²) in [5.41, 5.74) is 11.5. The first-order chi connectivity index (χ1) is 25.0. The van der Waals surface area contributed by atoms with Gasteiger partial charge in [0.15, 0.2) is 8.07 Å². The van der Waals surface area contributed by atoms with Crippen molar-refractivity contribution in [3.8, 4) is 0 Å². The van der Waals surface area contributed by atoms with E-state index in [1.54, 1.807) is 0 Å². The largest absolute Gasteiger partial charge is 0.158 e. The second-order valence-corrected chi connectivity index (χ2v) is 27.0. The van der Waals surface area contributed by atoms with Crippen molar-refractivity contribution in [1.82, 2.24) is 0 Å². The molecule has 0 amide bonds. The predicted molar refractivity (Wildman–Crippen MR) is 247 cm³/mol. The minimum atomic E-state index is -2.97. The van der Waals surface area contributed by atoms with Gasteiger partial charge in [-0.2, -0.15) is 0 Å². The van der Waals surface area contributed by atoms with Crippen molar-refractivity contribution >= 4 is 23.6 Å². The van der Waals surface area contributed by atoms with Crippen LogP contribution in [0.15, 0.2) is 109 Å². The Balaban J connectivity index is 2.09. The molecule has 1 aliphatic carbocycles. The lowest BCUT2D eigenvalue weighted by atomic mass is 9.80. The fourth-order valence-electron chi connectivity index (χ4n) is 8.03. The summed E-state index contributed by atoms with van der Waals surface area (Å²) in [6, 6.07) is 34.5. The first kappa shape index (κ1) is 42.7. The second kappa shape index (κ2) is 14.5. The van der Waals surface area contributed by atoms with Gasteiger partial charge >= 0.3 is 0 Å². The molecule has 0 saturated carbocycles. The monoisotopic (exact) mass is 751 g/mol. The van der Waals surface area contributed by atoms with Crippen molar-refractivity contribution in [2.24, 2.45) is 0 Å². The molecule has 1 atom stereocenters. The highest BCUT2D eigenvalue weighted by Gasteiger charge is 2.48. The Kier molecular flexibility index (Phi) is 11.3. The number of hydrogen-bond acceptors (Lipinski definition) is 0. The lowest BCUT2D eigenvalue weighted by Gasteiger charge is -2.42. The minimum absolute atomic E-state index is 0.0103. The lowest BCUT2D eigenvalue weighted by molar-refractivity contribution is 0.569. The fraction of sp³-hybridized carbons (Fsp3) is 0.481. The van der Waals surface area contributed by atoms with Gasteiger partial charge in [-0.25, -0.2) is 0 Å². The van der Waals surface area contributed by atoms with E-state index in [1.807, 2.05) is 0 Å². The van der Waals surface area contributed by atoms with Crippen LogP contribution in [0, 0.1) is 0 Å². The topological polar surface area (TPSA) is 0 Å². The van der Waals surface area contributed by atoms with Gasteiger partial charge < -0.3 is 0 Å². The number of rotatable bonds is 6. The predicted octanol–water partition coefficient (Wildman–Crippen LogP) is 13.1.